The van der Waals surface area contributed by atoms with E-state index >= 15 is 0 Å². The number of hydrogen-bond donors (Lipinski definition) is 0. The lowest BCUT2D eigenvalue weighted by atomic mass is 10.4. The van der Waals surface area contributed by atoms with Gasteiger partial charge in [-0.1, -0.05) is 31.9 Å². The Kier molecular flexibility index (Phi) is 3.36. The minimum Gasteiger partial charge on any atom is -0.258 e. The van der Waals surface area contributed by atoms with Crippen molar-refractivity contribution in [1.29, 1.82) is 0 Å². The van der Waals surface area contributed by atoms with Gasteiger partial charge in [-0.2, -0.15) is 0 Å². The summed E-state index contributed by atoms with van der Waals surface area (Å²) in [6.07, 6.45) is -1.89. The molecule has 0 aliphatic carbocycles. The molecule has 0 aliphatic rings. The summed E-state index contributed by atoms with van der Waals surface area (Å²) in [5, 5.41) is 20.2. The Morgan fingerprint density at radius 3 is 1.55 bits per heavy atom. The summed E-state index contributed by atoms with van der Waals surface area (Å²) < 4.78 is -1.31. The summed E-state index contributed by atoms with van der Waals surface area (Å²) in [5.41, 5.74) is 0. The van der Waals surface area contributed by atoms with Gasteiger partial charge in [0.05, 0.1) is 9.85 Å². The fourth-order valence-electron chi connectivity index (χ4n) is 0.447. The van der Waals surface area contributed by atoms with Gasteiger partial charge in [0.1, 0.15) is 0 Å². The predicted octanol–water partition coefficient (Wildman–Crippen LogP) is 1.37. The molecular formula is C3H4Br2N2O4. The molecule has 11 heavy (non-hydrogen) atoms. The quantitative estimate of drug-likeness (QED) is 0.340. The minimum atomic E-state index is -1.89. The van der Waals surface area contributed by atoms with Crippen molar-refractivity contribution in [2.75, 3.05) is 0 Å². The fourth-order valence-corrected chi connectivity index (χ4v) is 1.12. The van der Waals surface area contributed by atoms with Crippen molar-refractivity contribution in [2.24, 2.45) is 0 Å². The van der Waals surface area contributed by atoms with E-state index in [0.717, 1.165) is 0 Å². The summed E-state index contributed by atoms with van der Waals surface area (Å²) in [6.45, 7) is 1.29. The summed E-state index contributed by atoms with van der Waals surface area (Å²) in [5.74, 6) is 0. The van der Waals surface area contributed by atoms with Crippen molar-refractivity contribution < 1.29 is 9.85 Å². The standard InChI is InChI=1S/C3H4Br2N2O4/c1-3(4,5)2(6(8)9)7(10)11/h2H,1H3. The molecule has 0 radical (unpaired) electrons. The number of alkyl halides is 2. The zero-order valence-corrected chi connectivity index (χ0v) is 8.53. The largest absolute Gasteiger partial charge is 0.474 e. The predicted molar refractivity (Wildman–Crippen MR) is 44.0 cm³/mol. The van der Waals surface area contributed by atoms with Gasteiger partial charge in [-0.05, 0) is 6.92 Å². The lowest BCUT2D eigenvalue weighted by Gasteiger charge is -2.11. The number of rotatable bonds is 3. The fraction of sp³-hybridized carbons (Fsp3) is 1.00. The highest BCUT2D eigenvalue weighted by molar-refractivity contribution is 9.25. The third-order valence-electron chi connectivity index (χ3n) is 0.853. The normalized spacial score (nSPS) is 11.6. The second-order valence-electron chi connectivity index (χ2n) is 1.90. The molecule has 0 aliphatic heterocycles. The van der Waals surface area contributed by atoms with Crippen molar-refractivity contribution in [3.63, 3.8) is 0 Å². The van der Waals surface area contributed by atoms with Crippen LogP contribution in [0.15, 0.2) is 0 Å². The first-order chi connectivity index (χ1) is 4.76. The van der Waals surface area contributed by atoms with E-state index in [9.17, 15) is 20.2 Å². The zero-order chi connectivity index (χ0) is 9.23. The first-order valence-corrected chi connectivity index (χ1v) is 4.00. The van der Waals surface area contributed by atoms with Crippen LogP contribution in [-0.4, -0.2) is 19.2 Å². The molecule has 6 nitrogen and oxygen atoms in total. The molecule has 8 heteroatoms. The summed E-state index contributed by atoms with van der Waals surface area (Å²) >= 11 is 5.56. The van der Waals surface area contributed by atoms with Crippen molar-refractivity contribution >= 4 is 31.9 Å². The van der Waals surface area contributed by atoms with E-state index in [1.807, 2.05) is 0 Å². The van der Waals surface area contributed by atoms with Crippen LogP contribution in [0.4, 0.5) is 0 Å². The van der Waals surface area contributed by atoms with E-state index in [4.69, 9.17) is 0 Å². The minimum absolute atomic E-state index is 0.969. The zero-order valence-electron chi connectivity index (χ0n) is 5.36. The van der Waals surface area contributed by atoms with E-state index in [-0.39, 0.29) is 0 Å². The lowest BCUT2D eigenvalue weighted by molar-refractivity contribution is -0.742. The Hall–Kier alpha value is -0.240. The molecule has 0 atom stereocenters. The Morgan fingerprint density at radius 1 is 1.27 bits per heavy atom. The highest BCUT2D eigenvalue weighted by Gasteiger charge is 2.49. The van der Waals surface area contributed by atoms with E-state index in [1.165, 1.54) is 6.92 Å². The van der Waals surface area contributed by atoms with Gasteiger partial charge in [0.25, 0.3) is 0 Å². The van der Waals surface area contributed by atoms with Gasteiger partial charge >= 0.3 is 6.17 Å². The first kappa shape index (κ1) is 10.8. The molecule has 0 saturated carbocycles. The van der Waals surface area contributed by atoms with Crippen molar-refractivity contribution in [3.05, 3.63) is 20.2 Å². The third-order valence-corrected chi connectivity index (χ3v) is 1.67. The van der Waals surface area contributed by atoms with Gasteiger partial charge in [0, 0.05) is 0 Å². The van der Waals surface area contributed by atoms with Crippen LogP contribution in [0.3, 0.4) is 0 Å². The number of nitrogens with zero attached hydrogens (tertiary/aromatic N) is 2. The van der Waals surface area contributed by atoms with Crippen LogP contribution in [0.1, 0.15) is 6.92 Å². The molecule has 0 aromatic carbocycles. The average Bonchev–Trinajstić information content (AvgIpc) is 1.54. The maximum absolute atomic E-state index is 10.1. The van der Waals surface area contributed by atoms with Crippen molar-refractivity contribution in [3.8, 4) is 0 Å². The molecule has 0 aromatic rings. The van der Waals surface area contributed by atoms with Crippen LogP contribution < -0.4 is 0 Å². The SMILES string of the molecule is CC(Br)(Br)C([N+](=O)[O-])[N+](=O)[O-]. The van der Waals surface area contributed by atoms with Crippen LogP contribution in [-0.2, 0) is 0 Å². The molecule has 0 fully saturated rings. The van der Waals surface area contributed by atoms with Crippen LogP contribution in [0.25, 0.3) is 0 Å². The van der Waals surface area contributed by atoms with Crippen LogP contribution in [0.5, 0.6) is 0 Å². The van der Waals surface area contributed by atoms with Gasteiger partial charge in [-0.15, -0.1) is 0 Å². The average molecular weight is 292 g/mol. The molecule has 0 rings (SSSR count). The Morgan fingerprint density at radius 2 is 1.55 bits per heavy atom. The smallest absolute Gasteiger partial charge is 0.258 e. The maximum Gasteiger partial charge on any atom is 0.474 e. The molecule has 0 heterocycles. The summed E-state index contributed by atoms with van der Waals surface area (Å²) in [6, 6.07) is 0. The Balaban J connectivity index is 4.63. The maximum atomic E-state index is 10.1. The van der Waals surface area contributed by atoms with E-state index in [0.29, 0.717) is 0 Å². The van der Waals surface area contributed by atoms with Gasteiger partial charge in [-0.25, -0.2) is 0 Å². The monoisotopic (exact) mass is 290 g/mol. The Bertz CT molecular complexity index is 174. The Labute approximate surface area is 78.5 Å². The molecular weight excluding hydrogens is 288 g/mol. The number of hydrogen-bond acceptors (Lipinski definition) is 4. The van der Waals surface area contributed by atoms with Gasteiger partial charge in [0.15, 0.2) is 0 Å². The second kappa shape index (κ2) is 3.44. The van der Waals surface area contributed by atoms with E-state index in [1.54, 1.807) is 0 Å². The van der Waals surface area contributed by atoms with E-state index in [2.05, 4.69) is 31.9 Å². The first-order valence-electron chi connectivity index (χ1n) is 2.41. The van der Waals surface area contributed by atoms with Crippen LogP contribution >= 0.6 is 31.9 Å². The molecule has 0 saturated heterocycles. The highest BCUT2D eigenvalue weighted by atomic mass is 79.9. The molecule has 64 valence electrons. The third kappa shape index (κ3) is 3.10. The summed E-state index contributed by atoms with van der Waals surface area (Å²) in [7, 11) is 0. The molecule has 0 N–H and O–H groups in total. The van der Waals surface area contributed by atoms with Crippen LogP contribution in [0.2, 0.25) is 0 Å². The van der Waals surface area contributed by atoms with E-state index < -0.39 is 19.2 Å². The second-order valence-corrected chi connectivity index (χ2v) is 6.26. The van der Waals surface area contributed by atoms with Crippen molar-refractivity contribution in [2.45, 2.75) is 16.3 Å². The van der Waals surface area contributed by atoms with Crippen molar-refractivity contribution in [1.82, 2.24) is 0 Å². The number of halogens is 2. The van der Waals surface area contributed by atoms with Gasteiger partial charge in [-0.3, -0.25) is 20.2 Å². The molecule has 0 unspecified atom stereocenters. The molecule has 0 aromatic heterocycles. The lowest BCUT2D eigenvalue weighted by Crippen LogP contribution is -2.41. The topological polar surface area (TPSA) is 86.3 Å². The summed E-state index contributed by atoms with van der Waals surface area (Å²) in [4.78, 5) is 18.2. The molecule has 0 bridgehead atoms. The molecule has 0 spiro atoms. The van der Waals surface area contributed by atoms with Gasteiger partial charge in [0.2, 0.25) is 3.23 Å². The van der Waals surface area contributed by atoms with Crippen LogP contribution in [0, 0.1) is 20.2 Å². The highest BCUT2D eigenvalue weighted by Crippen LogP contribution is 2.31. The van der Waals surface area contributed by atoms with Gasteiger partial charge < -0.3 is 0 Å². The molecule has 0 amide bonds. The number of nitro groups is 2.